The van der Waals surface area contributed by atoms with Gasteiger partial charge < -0.3 is 14.2 Å². The van der Waals surface area contributed by atoms with Crippen molar-refractivity contribution in [2.24, 2.45) is 0 Å². The minimum Gasteiger partial charge on any atom is -0.497 e. The van der Waals surface area contributed by atoms with E-state index in [4.69, 9.17) is 14.2 Å². The van der Waals surface area contributed by atoms with Crippen molar-refractivity contribution >= 4 is 17.1 Å². The average molecular weight is 437 g/mol. The van der Waals surface area contributed by atoms with Crippen LogP contribution in [0, 0.1) is 0 Å². The summed E-state index contributed by atoms with van der Waals surface area (Å²) in [6, 6.07) is 10.2. The molecule has 1 aromatic heterocycles. The van der Waals surface area contributed by atoms with Crippen LogP contribution in [-0.4, -0.2) is 27.1 Å². The van der Waals surface area contributed by atoms with E-state index in [1.54, 1.807) is 38.7 Å². The molecule has 0 fully saturated rings. The Balaban J connectivity index is 1.74. The van der Waals surface area contributed by atoms with Crippen LogP contribution < -0.4 is 0 Å². The Morgan fingerprint density at radius 1 is 1.13 bits per heavy atom. The minimum absolute atomic E-state index is 0.0213. The lowest BCUT2D eigenvalue weighted by Crippen LogP contribution is -2.01. The van der Waals surface area contributed by atoms with E-state index >= 15 is 0 Å². The van der Waals surface area contributed by atoms with Crippen molar-refractivity contribution in [1.82, 2.24) is 0 Å². The predicted molar refractivity (Wildman–Crippen MR) is 126 cm³/mol. The molecule has 3 rings (SSSR count). The van der Waals surface area contributed by atoms with E-state index in [0.29, 0.717) is 30.1 Å². The van der Waals surface area contributed by atoms with Crippen LogP contribution in [0.15, 0.2) is 82.9 Å². The van der Waals surface area contributed by atoms with Gasteiger partial charge in [0.05, 0.1) is 21.3 Å². The van der Waals surface area contributed by atoms with Crippen LogP contribution in [0.1, 0.15) is 35.7 Å². The number of thiophene rings is 1. The monoisotopic (exact) mass is 436 g/mol. The standard InChI is InChI=1S/C26H28O4S/c1-5-19-17-20(25-10-7-15-31-25)12-13-21(19)22(27)9-6-8-18-11-14-23(28-2)26(30-4)24(16-18)29-3/h6-7,9-13,15-17H,5,8,14H2,1-4H3/b9-6+. The summed E-state index contributed by atoms with van der Waals surface area (Å²) in [6.45, 7) is 2.08. The van der Waals surface area contributed by atoms with Crippen molar-refractivity contribution in [1.29, 1.82) is 0 Å². The van der Waals surface area contributed by atoms with Crippen LogP contribution in [0.2, 0.25) is 0 Å². The first-order valence-corrected chi connectivity index (χ1v) is 11.1. The number of methoxy groups -OCH3 is 3. The first-order chi connectivity index (χ1) is 15.1. The average Bonchev–Trinajstić information content (AvgIpc) is 3.28. The molecule has 2 aromatic rings. The molecule has 4 nitrogen and oxygen atoms in total. The third-order valence-corrected chi connectivity index (χ3v) is 6.11. The molecule has 1 aliphatic rings. The molecule has 0 bridgehead atoms. The van der Waals surface area contributed by atoms with Gasteiger partial charge in [0.15, 0.2) is 17.3 Å². The smallest absolute Gasteiger partial charge is 0.199 e. The van der Waals surface area contributed by atoms with E-state index in [9.17, 15) is 4.79 Å². The van der Waals surface area contributed by atoms with Crippen LogP contribution in [0.4, 0.5) is 0 Å². The van der Waals surface area contributed by atoms with E-state index in [-0.39, 0.29) is 5.78 Å². The quantitative estimate of drug-likeness (QED) is 0.334. The van der Waals surface area contributed by atoms with E-state index in [1.165, 1.54) is 4.88 Å². The Kier molecular flexibility index (Phi) is 7.90. The fourth-order valence-corrected chi connectivity index (χ4v) is 4.27. The minimum atomic E-state index is 0.0213. The second-order valence-corrected chi connectivity index (χ2v) is 7.98. The van der Waals surface area contributed by atoms with Gasteiger partial charge in [0.25, 0.3) is 0 Å². The highest BCUT2D eigenvalue weighted by molar-refractivity contribution is 7.13. The molecular weight excluding hydrogens is 408 g/mol. The molecule has 0 radical (unpaired) electrons. The third kappa shape index (κ3) is 5.36. The molecule has 0 atom stereocenters. The molecule has 1 aromatic carbocycles. The van der Waals surface area contributed by atoms with Gasteiger partial charge in [0, 0.05) is 16.9 Å². The first kappa shape index (κ1) is 22.6. The Labute approximate surface area is 188 Å². The van der Waals surface area contributed by atoms with Crippen molar-refractivity contribution in [2.45, 2.75) is 26.2 Å². The van der Waals surface area contributed by atoms with E-state index in [0.717, 1.165) is 28.7 Å². The number of aryl methyl sites for hydroxylation is 1. The first-order valence-electron chi connectivity index (χ1n) is 10.2. The second-order valence-electron chi connectivity index (χ2n) is 7.03. The fourth-order valence-electron chi connectivity index (χ4n) is 3.55. The molecule has 162 valence electrons. The Morgan fingerprint density at radius 3 is 2.61 bits per heavy atom. The number of rotatable bonds is 9. The van der Waals surface area contributed by atoms with E-state index < -0.39 is 0 Å². The molecule has 0 unspecified atom stereocenters. The largest absolute Gasteiger partial charge is 0.497 e. The molecular formula is C26H28O4S. The molecule has 0 N–H and O–H groups in total. The maximum Gasteiger partial charge on any atom is 0.199 e. The zero-order valence-corrected chi connectivity index (χ0v) is 19.3. The van der Waals surface area contributed by atoms with E-state index in [2.05, 4.69) is 30.5 Å². The van der Waals surface area contributed by atoms with Gasteiger partial charge in [0.2, 0.25) is 0 Å². The lowest BCUT2D eigenvalue weighted by molar-refractivity contribution is 0.104. The summed E-state index contributed by atoms with van der Waals surface area (Å²) < 4.78 is 16.4. The number of benzene rings is 1. The lowest BCUT2D eigenvalue weighted by atomic mass is 9.97. The Bertz CT molecular complexity index is 1040. The molecule has 1 aliphatic carbocycles. The fraction of sp³-hybridized carbons (Fsp3) is 0.269. The number of carbonyl (C=O) groups is 1. The van der Waals surface area contributed by atoms with Gasteiger partial charge in [0.1, 0.15) is 5.76 Å². The highest BCUT2D eigenvalue weighted by Crippen LogP contribution is 2.28. The normalized spacial score (nSPS) is 14.2. The summed E-state index contributed by atoms with van der Waals surface area (Å²) in [7, 11) is 4.82. The SMILES string of the molecule is CCc1cc(-c2cccs2)ccc1C(=O)/C=C/CC1=CCC(OC)=C(OC)C(OC)=C1. The maximum absolute atomic E-state index is 12.9. The lowest BCUT2D eigenvalue weighted by Gasteiger charge is -2.12. The van der Waals surface area contributed by atoms with Crippen LogP contribution in [0.3, 0.4) is 0 Å². The zero-order chi connectivity index (χ0) is 22.2. The predicted octanol–water partition coefficient (Wildman–Crippen LogP) is 6.47. The van der Waals surface area contributed by atoms with Gasteiger partial charge in [-0.15, -0.1) is 11.3 Å². The third-order valence-electron chi connectivity index (χ3n) is 5.19. The van der Waals surface area contributed by atoms with Gasteiger partial charge in [-0.05, 0) is 59.2 Å². The molecule has 0 saturated heterocycles. The number of hydrogen-bond acceptors (Lipinski definition) is 5. The summed E-state index contributed by atoms with van der Waals surface area (Å²) >= 11 is 1.70. The topological polar surface area (TPSA) is 44.8 Å². The van der Waals surface area contributed by atoms with Crippen molar-refractivity contribution in [3.05, 3.63) is 94.0 Å². The highest BCUT2D eigenvalue weighted by atomic mass is 32.1. The summed E-state index contributed by atoms with van der Waals surface area (Å²) in [5.74, 6) is 1.94. The summed E-state index contributed by atoms with van der Waals surface area (Å²) in [5.41, 5.74) is 4.01. The van der Waals surface area contributed by atoms with Crippen molar-refractivity contribution in [2.75, 3.05) is 21.3 Å². The summed E-state index contributed by atoms with van der Waals surface area (Å²) in [6.07, 6.45) is 9.57. The molecule has 31 heavy (non-hydrogen) atoms. The van der Waals surface area contributed by atoms with Crippen LogP contribution in [-0.2, 0) is 20.6 Å². The molecule has 1 heterocycles. The number of carbonyl (C=O) groups excluding carboxylic acids is 1. The molecule has 0 aliphatic heterocycles. The summed E-state index contributed by atoms with van der Waals surface area (Å²) in [5, 5.41) is 2.06. The Morgan fingerprint density at radius 2 is 1.97 bits per heavy atom. The van der Waals surface area contributed by atoms with Crippen LogP contribution in [0.5, 0.6) is 0 Å². The van der Waals surface area contributed by atoms with Gasteiger partial charge in [-0.2, -0.15) is 0 Å². The second kappa shape index (κ2) is 10.8. The van der Waals surface area contributed by atoms with Crippen molar-refractivity contribution < 1.29 is 19.0 Å². The number of ether oxygens (including phenoxy) is 3. The number of ketones is 1. The maximum atomic E-state index is 12.9. The summed E-state index contributed by atoms with van der Waals surface area (Å²) in [4.78, 5) is 14.1. The molecule has 0 amide bonds. The van der Waals surface area contributed by atoms with Crippen molar-refractivity contribution in [3.8, 4) is 10.4 Å². The molecule has 5 heteroatoms. The number of hydrogen-bond donors (Lipinski definition) is 0. The highest BCUT2D eigenvalue weighted by Gasteiger charge is 2.17. The number of allylic oxidation sites excluding steroid dienone is 5. The van der Waals surface area contributed by atoms with E-state index in [1.807, 2.05) is 30.4 Å². The van der Waals surface area contributed by atoms with Gasteiger partial charge >= 0.3 is 0 Å². The van der Waals surface area contributed by atoms with Crippen LogP contribution in [0.25, 0.3) is 10.4 Å². The zero-order valence-electron chi connectivity index (χ0n) is 18.4. The van der Waals surface area contributed by atoms with Gasteiger partial charge in [-0.3, -0.25) is 4.79 Å². The molecule has 0 spiro atoms. The molecule has 0 saturated carbocycles. The van der Waals surface area contributed by atoms with Crippen LogP contribution >= 0.6 is 11.3 Å². The Hall–Kier alpha value is -3.05. The van der Waals surface area contributed by atoms with Gasteiger partial charge in [-0.1, -0.05) is 37.3 Å². The van der Waals surface area contributed by atoms with Gasteiger partial charge in [-0.25, -0.2) is 0 Å². The van der Waals surface area contributed by atoms with Crippen molar-refractivity contribution in [3.63, 3.8) is 0 Å².